The number of nitrogens with zero attached hydrogens (tertiary/aromatic N) is 2. The molecule has 3 heteroatoms. The Morgan fingerprint density at radius 1 is 1.35 bits per heavy atom. The Hall–Kier alpha value is -0.830. The summed E-state index contributed by atoms with van der Waals surface area (Å²) in [7, 11) is 0. The smallest absolute Gasteiger partial charge is 0.0631 e. The molecule has 2 rings (SSSR count). The topological polar surface area (TPSA) is 43.8 Å². The summed E-state index contributed by atoms with van der Waals surface area (Å²) in [6.07, 6.45) is 1.10. The Labute approximate surface area is 104 Å². The molecule has 0 aliphatic heterocycles. The minimum Gasteiger partial charge on any atom is -0.327 e. The highest BCUT2D eigenvalue weighted by Gasteiger charge is 2.48. The first-order valence-electron chi connectivity index (χ1n) is 6.58. The molecule has 3 nitrogen and oxygen atoms in total. The van der Waals surface area contributed by atoms with E-state index in [0.717, 1.165) is 6.42 Å². The van der Waals surface area contributed by atoms with Gasteiger partial charge in [-0.3, -0.25) is 4.68 Å². The summed E-state index contributed by atoms with van der Waals surface area (Å²) in [4.78, 5) is 0. The van der Waals surface area contributed by atoms with Crippen molar-refractivity contribution in [1.82, 2.24) is 9.78 Å². The monoisotopic (exact) mass is 235 g/mol. The van der Waals surface area contributed by atoms with Crippen LogP contribution in [0.1, 0.15) is 63.0 Å². The number of hydrogen-bond acceptors (Lipinski definition) is 2. The maximum atomic E-state index is 6.12. The average Bonchev–Trinajstić information content (AvgIpc) is 2.51. The van der Waals surface area contributed by atoms with E-state index in [9.17, 15) is 0 Å². The van der Waals surface area contributed by atoms with Crippen LogP contribution >= 0.6 is 0 Å². The zero-order valence-corrected chi connectivity index (χ0v) is 11.9. The number of nitrogens with two attached hydrogens (primary N) is 1. The van der Waals surface area contributed by atoms with Crippen LogP contribution in [0.4, 0.5) is 0 Å². The van der Waals surface area contributed by atoms with Crippen molar-refractivity contribution < 1.29 is 0 Å². The van der Waals surface area contributed by atoms with E-state index in [1.54, 1.807) is 0 Å². The zero-order chi connectivity index (χ0) is 13.0. The highest BCUT2D eigenvalue weighted by Crippen LogP contribution is 2.53. The van der Waals surface area contributed by atoms with E-state index in [1.165, 1.54) is 17.0 Å². The molecular formula is C14H25N3. The second-order valence-corrected chi connectivity index (χ2v) is 6.34. The third-order valence-electron chi connectivity index (χ3n) is 4.56. The molecule has 1 aliphatic carbocycles. The van der Waals surface area contributed by atoms with Crippen LogP contribution in [-0.2, 0) is 0 Å². The van der Waals surface area contributed by atoms with Gasteiger partial charge in [0.05, 0.1) is 5.69 Å². The summed E-state index contributed by atoms with van der Waals surface area (Å²) in [5.74, 6) is 0.574. The number of hydrogen-bond donors (Lipinski definition) is 1. The van der Waals surface area contributed by atoms with E-state index in [0.29, 0.717) is 18.0 Å². The fraction of sp³-hybridized carbons (Fsp3) is 0.786. The van der Waals surface area contributed by atoms with Crippen LogP contribution < -0.4 is 5.73 Å². The molecule has 1 aromatic rings. The quantitative estimate of drug-likeness (QED) is 0.856. The molecule has 0 saturated heterocycles. The van der Waals surface area contributed by atoms with E-state index in [1.807, 2.05) is 0 Å². The van der Waals surface area contributed by atoms with E-state index < -0.39 is 0 Å². The first-order valence-corrected chi connectivity index (χ1v) is 6.58. The van der Waals surface area contributed by atoms with Crippen LogP contribution in [-0.4, -0.2) is 15.8 Å². The van der Waals surface area contributed by atoms with Gasteiger partial charge in [0, 0.05) is 17.8 Å². The zero-order valence-electron chi connectivity index (χ0n) is 11.9. The van der Waals surface area contributed by atoms with E-state index in [-0.39, 0.29) is 5.41 Å². The molecule has 0 amide bonds. The Morgan fingerprint density at radius 2 is 1.94 bits per heavy atom. The summed E-state index contributed by atoms with van der Waals surface area (Å²) in [5.41, 5.74) is 10.3. The molecule has 1 fully saturated rings. The van der Waals surface area contributed by atoms with Gasteiger partial charge in [0.1, 0.15) is 0 Å². The minimum atomic E-state index is 0.209. The third-order valence-corrected chi connectivity index (χ3v) is 4.56. The van der Waals surface area contributed by atoms with E-state index >= 15 is 0 Å². The third kappa shape index (κ3) is 1.71. The molecule has 2 atom stereocenters. The highest BCUT2D eigenvalue weighted by atomic mass is 15.3. The standard InChI is InChI=1S/C14H25N3/c1-8(2)17-10(4)13(9(3)16-17)11-7-12(15)14(11,5)6/h8,11-12H,7,15H2,1-6H3. The molecule has 1 aromatic heterocycles. The number of rotatable bonds is 2. The van der Waals surface area contributed by atoms with Crippen molar-refractivity contribution in [3.63, 3.8) is 0 Å². The van der Waals surface area contributed by atoms with Gasteiger partial charge in [-0.15, -0.1) is 0 Å². The van der Waals surface area contributed by atoms with Crippen LogP contribution in [0.5, 0.6) is 0 Å². The van der Waals surface area contributed by atoms with Gasteiger partial charge in [0.2, 0.25) is 0 Å². The van der Waals surface area contributed by atoms with Crippen molar-refractivity contribution in [3.05, 3.63) is 17.0 Å². The Morgan fingerprint density at radius 3 is 2.29 bits per heavy atom. The summed E-state index contributed by atoms with van der Waals surface area (Å²) < 4.78 is 2.14. The Bertz CT molecular complexity index is 429. The fourth-order valence-electron chi connectivity index (χ4n) is 3.13. The predicted molar refractivity (Wildman–Crippen MR) is 71.2 cm³/mol. The summed E-state index contributed by atoms with van der Waals surface area (Å²) >= 11 is 0. The fourth-order valence-corrected chi connectivity index (χ4v) is 3.13. The van der Waals surface area contributed by atoms with Crippen molar-refractivity contribution in [2.24, 2.45) is 11.1 Å². The predicted octanol–water partition coefficient (Wildman–Crippen LogP) is 2.92. The van der Waals surface area contributed by atoms with Gasteiger partial charge in [0.25, 0.3) is 0 Å². The van der Waals surface area contributed by atoms with Crippen LogP contribution in [0.25, 0.3) is 0 Å². The molecule has 1 saturated carbocycles. The van der Waals surface area contributed by atoms with Gasteiger partial charge in [-0.25, -0.2) is 0 Å². The maximum Gasteiger partial charge on any atom is 0.0631 e. The van der Waals surface area contributed by atoms with Gasteiger partial charge in [-0.05, 0) is 51.0 Å². The molecule has 0 bridgehead atoms. The molecule has 0 aromatic carbocycles. The van der Waals surface area contributed by atoms with Gasteiger partial charge < -0.3 is 5.73 Å². The Balaban J connectivity index is 2.41. The lowest BCUT2D eigenvalue weighted by molar-refractivity contribution is 0.0974. The van der Waals surface area contributed by atoms with E-state index in [4.69, 9.17) is 5.73 Å². The van der Waals surface area contributed by atoms with Crippen LogP contribution in [0.15, 0.2) is 0 Å². The summed E-state index contributed by atoms with van der Waals surface area (Å²) in [5, 5.41) is 4.68. The largest absolute Gasteiger partial charge is 0.327 e. The SMILES string of the molecule is Cc1nn(C(C)C)c(C)c1C1CC(N)C1(C)C. The van der Waals surface area contributed by atoms with Gasteiger partial charge in [0.15, 0.2) is 0 Å². The molecule has 2 N–H and O–H groups in total. The average molecular weight is 235 g/mol. The Kier molecular flexibility index (Phi) is 2.85. The first kappa shape index (κ1) is 12.6. The lowest BCUT2D eigenvalue weighted by Gasteiger charge is -2.50. The summed E-state index contributed by atoms with van der Waals surface area (Å²) in [6, 6.07) is 0.757. The van der Waals surface area contributed by atoms with Gasteiger partial charge in [-0.1, -0.05) is 13.8 Å². The second-order valence-electron chi connectivity index (χ2n) is 6.34. The van der Waals surface area contributed by atoms with E-state index in [2.05, 4.69) is 51.3 Å². The lowest BCUT2D eigenvalue weighted by Crippen LogP contribution is -2.53. The maximum absolute atomic E-state index is 6.12. The second kappa shape index (κ2) is 3.84. The van der Waals surface area contributed by atoms with Crippen LogP contribution in [0.3, 0.4) is 0 Å². The van der Waals surface area contributed by atoms with Gasteiger partial charge in [-0.2, -0.15) is 5.10 Å². The molecule has 0 radical (unpaired) electrons. The molecule has 2 unspecified atom stereocenters. The molecule has 17 heavy (non-hydrogen) atoms. The number of aryl methyl sites for hydroxylation is 1. The molecular weight excluding hydrogens is 210 g/mol. The van der Waals surface area contributed by atoms with Crippen molar-refractivity contribution in [1.29, 1.82) is 0 Å². The molecule has 1 heterocycles. The molecule has 96 valence electrons. The highest BCUT2D eigenvalue weighted by molar-refractivity contribution is 5.34. The van der Waals surface area contributed by atoms with Crippen LogP contribution in [0.2, 0.25) is 0 Å². The molecule has 1 aliphatic rings. The van der Waals surface area contributed by atoms with Crippen LogP contribution in [0, 0.1) is 19.3 Å². The molecule has 0 spiro atoms. The normalized spacial score (nSPS) is 27.3. The van der Waals surface area contributed by atoms with Crippen molar-refractivity contribution >= 4 is 0 Å². The van der Waals surface area contributed by atoms with Crippen molar-refractivity contribution in [2.45, 2.75) is 66.0 Å². The van der Waals surface area contributed by atoms with Crippen molar-refractivity contribution in [3.8, 4) is 0 Å². The first-order chi connectivity index (χ1) is 7.76. The minimum absolute atomic E-state index is 0.209. The lowest BCUT2D eigenvalue weighted by atomic mass is 9.56. The van der Waals surface area contributed by atoms with Crippen molar-refractivity contribution in [2.75, 3.05) is 0 Å². The van der Waals surface area contributed by atoms with Gasteiger partial charge >= 0.3 is 0 Å². The summed E-state index contributed by atoms with van der Waals surface area (Å²) in [6.45, 7) is 13.2. The number of aromatic nitrogens is 2.